The highest BCUT2D eigenvalue weighted by Crippen LogP contribution is 2.58. The van der Waals surface area contributed by atoms with Crippen molar-refractivity contribution in [2.45, 2.75) is 50.9 Å². The predicted molar refractivity (Wildman–Crippen MR) is 176 cm³/mol. The van der Waals surface area contributed by atoms with Gasteiger partial charge in [0.2, 0.25) is 6.79 Å². The van der Waals surface area contributed by atoms with E-state index in [1.807, 2.05) is 38.9 Å². The Morgan fingerprint density at radius 2 is 1.77 bits per heavy atom. The summed E-state index contributed by atoms with van der Waals surface area (Å²) in [6.07, 6.45) is 2.47. The van der Waals surface area contributed by atoms with Crippen LogP contribution in [0.3, 0.4) is 0 Å². The van der Waals surface area contributed by atoms with E-state index < -0.39 is 29.9 Å². The molecule has 1 N–H and O–H groups in total. The Morgan fingerprint density at radius 3 is 2.40 bits per heavy atom. The molecule has 7 rings (SSSR count). The quantitative estimate of drug-likeness (QED) is 0.286. The predicted octanol–water partition coefficient (Wildman–Crippen LogP) is 4.63. The van der Waals surface area contributed by atoms with Crippen LogP contribution in [0.4, 0.5) is 0 Å². The van der Waals surface area contributed by atoms with E-state index in [4.69, 9.17) is 18.9 Å². The number of aryl methyl sites for hydroxylation is 1. The molecule has 0 bridgehead atoms. The van der Waals surface area contributed by atoms with Gasteiger partial charge in [0.1, 0.15) is 18.4 Å². The summed E-state index contributed by atoms with van der Waals surface area (Å²) in [4.78, 5) is 33.1. The summed E-state index contributed by atoms with van der Waals surface area (Å²) >= 11 is 0. The first-order valence-corrected chi connectivity index (χ1v) is 16.0. The van der Waals surface area contributed by atoms with E-state index in [-0.39, 0.29) is 31.7 Å². The molecule has 0 spiro atoms. The fourth-order valence-electron chi connectivity index (χ4n) is 8.12. The number of methoxy groups -OCH3 is 1. The number of benzene rings is 3. The number of aromatic hydroxyl groups is 1. The monoisotopic (exact) mass is 650 g/mol. The molecule has 11 nitrogen and oxygen atoms in total. The largest absolute Gasteiger partial charge is 0.504 e. The molecule has 11 heteroatoms. The molecular weight excluding hydrogens is 612 g/mol. The third kappa shape index (κ3) is 4.54. The number of fused-ring (bicyclic) bond motifs is 7. The van der Waals surface area contributed by atoms with E-state index in [2.05, 4.69) is 17.5 Å². The van der Waals surface area contributed by atoms with Gasteiger partial charge in [-0.25, -0.2) is 0 Å². The minimum absolute atomic E-state index is 0.00699. The molecule has 0 aromatic heterocycles. The fraction of sp³-hybridized carbons (Fsp3) is 0.378. The normalized spacial score (nSPS) is 22.4. The highest BCUT2D eigenvalue weighted by molar-refractivity contribution is 6.21. The molecule has 48 heavy (non-hydrogen) atoms. The van der Waals surface area contributed by atoms with Crippen LogP contribution < -0.4 is 18.9 Å². The molecule has 3 aromatic carbocycles. The fourth-order valence-corrected chi connectivity index (χ4v) is 8.12. The van der Waals surface area contributed by atoms with Gasteiger partial charge in [0.25, 0.3) is 11.8 Å². The molecule has 248 valence electrons. The van der Waals surface area contributed by atoms with Crippen LogP contribution in [0, 0.1) is 25.2 Å². The number of hydrogen-bond donors (Lipinski definition) is 1. The first-order valence-electron chi connectivity index (χ1n) is 16.0. The zero-order valence-corrected chi connectivity index (χ0v) is 27.7. The van der Waals surface area contributed by atoms with Gasteiger partial charge in [0.15, 0.2) is 23.0 Å². The van der Waals surface area contributed by atoms with Gasteiger partial charge in [-0.05, 0) is 64.0 Å². The maximum atomic E-state index is 13.9. The van der Waals surface area contributed by atoms with Crippen LogP contribution in [0.15, 0.2) is 43.0 Å². The van der Waals surface area contributed by atoms with Gasteiger partial charge in [0.05, 0.1) is 30.3 Å². The Balaban J connectivity index is 1.53. The van der Waals surface area contributed by atoms with Crippen LogP contribution in [0.1, 0.15) is 66.2 Å². The first kappa shape index (κ1) is 31.5. The summed E-state index contributed by atoms with van der Waals surface area (Å²) < 4.78 is 24.2. The summed E-state index contributed by atoms with van der Waals surface area (Å²) in [5.41, 5.74) is 5.23. The van der Waals surface area contributed by atoms with Gasteiger partial charge in [-0.3, -0.25) is 19.4 Å². The summed E-state index contributed by atoms with van der Waals surface area (Å²) in [7, 11) is 5.39. The van der Waals surface area contributed by atoms with Gasteiger partial charge in [0, 0.05) is 40.9 Å². The van der Waals surface area contributed by atoms with E-state index in [9.17, 15) is 20.0 Å². The van der Waals surface area contributed by atoms with Crippen LogP contribution in [0.25, 0.3) is 0 Å². The summed E-state index contributed by atoms with van der Waals surface area (Å²) in [5.74, 6) is 1.16. The van der Waals surface area contributed by atoms with Crippen molar-refractivity contribution in [2.75, 3.05) is 41.1 Å². The van der Waals surface area contributed by atoms with E-state index in [1.165, 1.54) is 12.0 Å². The first-order chi connectivity index (χ1) is 23.1. The van der Waals surface area contributed by atoms with Crippen molar-refractivity contribution < 1.29 is 33.6 Å². The Bertz CT molecular complexity index is 1880. The van der Waals surface area contributed by atoms with Gasteiger partial charge in [-0.15, -0.1) is 0 Å². The molecule has 4 heterocycles. The minimum atomic E-state index is -0.743. The second-order valence-corrected chi connectivity index (χ2v) is 12.9. The SMILES string of the molecule is C=CCOc1c(C)c2c(c3c1C[C@H]1c4c(cc(C)c(OC)c4O)CC(N(C)C)[C@H](C#N)N1C3CN1C(=O)c3ccccc3C1=O)OCO2. The van der Waals surface area contributed by atoms with Crippen molar-refractivity contribution >= 4 is 11.8 Å². The Morgan fingerprint density at radius 1 is 1.08 bits per heavy atom. The van der Waals surface area contributed by atoms with Gasteiger partial charge in [-0.1, -0.05) is 30.9 Å². The number of likely N-dealkylation sites (N-methyl/N-ethyl adjacent to an activating group) is 1. The van der Waals surface area contributed by atoms with Crippen LogP contribution in [0.2, 0.25) is 0 Å². The highest BCUT2D eigenvalue weighted by Gasteiger charge is 2.52. The smallest absolute Gasteiger partial charge is 0.261 e. The molecule has 2 unspecified atom stereocenters. The molecule has 0 radical (unpaired) electrons. The minimum Gasteiger partial charge on any atom is -0.504 e. The van der Waals surface area contributed by atoms with Crippen molar-refractivity contribution in [1.82, 2.24) is 14.7 Å². The topological polar surface area (TPSA) is 125 Å². The number of carbonyl (C=O) groups is 2. The molecule has 4 aliphatic heterocycles. The zero-order chi connectivity index (χ0) is 34.0. The number of ether oxygens (including phenoxy) is 4. The van der Waals surface area contributed by atoms with Crippen molar-refractivity contribution in [3.8, 4) is 34.8 Å². The van der Waals surface area contributed by atoms with Crippen molar-refractivity contribution in [3.05, 3.63) is 87.5 Å². The number of nitriles is 1. The third-order valence-electron chi connectivity index (χ3n) is 10.2. The van der Waals surface area contributed by atoms with Gasteiger partial charge >= 0.3 is 0 Å². The summed E-state index contributed by atoms with van der Waals surface area (Å²) in [6, 6.07) is 9.05. The average Bonchev–Trinajstić information content (AvgIpc) is 3.61. The lowest BCUT2D eigenvalue weighted by atomic mass is 9.80. The van der Waals surface area contributed by atoms with E-state index in [0.717, 1.165) is 22.3 Å². The van der Waals surface area contributed by atoms with Crippen LogP contribution >= 0.6 is 0 Å². The molecule has 0 fully saturated rings. The van der Waals surface area contributed by atoms with E-state index >= 15 is 0 Å². The number of phenolic OH excluding ortho intramolecular Hbond substituents is 1. The van der Waals surface area contributed by atoms with Crippen LogP contribution in [0.5, 0.6) is 28.7 Å². The number of rotatable bonds is 7. The van der Waals surface area contributed by atoms with Crippen molar-refractivity contribution in [1.29, 1.82) is 5.26 Å². The zero-order valence-electron chi connectivity index (χ0n) is 27.7. The van der Waals surface area contributed by atoms with Crippen LogP contribution in [-0.4, -0.2) is 84.9 Å². The molecule has 0 aliphatic carbocycles. The third-order valence-corrected chi connectivity index (χ3v) is 10.2. The molecule has 4 aliphatic rings. The average molecular weight is 651 g/mol. The second kappa shape index (κ2) is 11.9. The summed E-state index contributed by atoms with van der Waals surface area (Å²) in [5, 5.41) is 23.0. The van der Waals surface area contributed by atoms with E-state index in [0.29, 0.717) is 58.1 Å². The second-order valence-electron chi connectivity index (χ2n) is 12.9. The number of hydrogen-bond acceptors (Lipinski definition) is 10. The lowest BCUT2D eigenvalue weighted by molar-refractivity contribution is 0.0283. The lowest BCUT2D eigenvalue weighted by Gasteiger charge is -2.48. The molecular formula is C37H38N4O7. The number of carbonyl (C=O) groups excluding carboxylic acids is 2. The maximum Gasteiger partial charge on any atom is 0.261 e. The van der Waals surface area contributed by atoms with Gasteiger partial charge in [-0.2, -0.15) is 5.26 Å². The number of phenols is 1. The number of amides is 2. The summed E-state index contributed by atoms with van der Waals surface area (Å²) in [6.45, 7) is 7.77. The van der Waals surface area contributed by atoms with Crippen LogP contribution in [-0.2, 0) is 12.8 Å². The maximum absolute atomic E-state index is 13.9. The van der Waals surface area contributed by atoms with Crippen molar-refractivity contribution in [2.24, 2.45) is 0 Å². The Hall–Kier alpha value is -5.05. The molecule has 0 saturated carbocycles. The van der Waals surface area contributed by atoms with E-state index in [1.54, 1.807) is 30.3 Å². The molecule has 2 amide bonds. The van der Waals surface area contributed by atoms with Gasteiger partial charge < -0.3 is 29.0 Å². The Kier molecular flexibility index (Phi) is 7.81. The standard InChI is InChI=1S/C37H38N4O7/c1-7-12-46-33-20(3)34-35(48-18-47-34)30-24(33)15-26-29-21(13-19(2)32(45-6)31(29)42)14-25(39(4)5)27(16-38)41(26)28(30)17-40-36(43)22-10-8-9-11-23(22)37(40)44/h7-11,13,25-28,42H,1,12,14-15,17-18H2,2-6H3/t25?,26-,27-,28?/m0/s1. The number of nitrogens with zero attached hydrogens (tertiary/aromatic N) is 4. The molecule has 0 saturated heterocycles. The lowest BCUT2D eigenvalue weighted by Crippen LogP contribution is -2.54. The van der Waals surface area contributed by atoms with Crippen molar-refractivity contribution in [3.63, 3.8) is 0 Å². The number of imide groups is 1. The molecule has 3 aromatic rings. The Labute approximate surface area is 279 Å². The highest BCUT2D eigenvalue weighted by atomic mass is 16.7. The molecule has 4 atom stereocenters.